The fraction of sp³-hybridized carbons (Fsp3) is 0.429. The van der Waals surface area contributed by atoms with Gasteiger partial charge in [-0.25, -0.2) is 0 Å². The summed E-state index contributed by atoms with van der Waals surface area (Å²) in [6.07, 6.45) is 6.21. The quantitative estimate of drug-likeness (QED) is 0.707. The van der Waals surface area contributed by atoms with Crippen molar-refractivity contribution in [3.63, 3.8) is 0 Å². The highest BCUT2D eigenvalue weighted by Crippen LogP contribution is 2.35. The summed E-state index contributed by atoms with van der Waals surface area (Å²) in [5.74, 6) is -0.190. The molecule has 0 unspecified atom stereocenters. The lowest BCUT2D eigenvalue weighted by Crippen LogP contribution is -2.36. The maximum absolute atomic E-state index is 11.7. The average molecular weight is 381 g/mol. The number of nitrogens with zero attached hydrogens (tertiary/aromatic N) is 5. The highest BCUT2D eigenvalue weighted by atomic mass is 16.3. The van der Waals surface area contributed by atoms with Gasteiger partial charge in [-0.05, 0) is 44.7 Å². The molecule has 1 N–H and O–H groups in total. The second-order valence-corrected chi connectivity index (χ2v) is 8.65. The van der Waals surface area contributed by atoms with Gasteiger partial charge >= 0.3 is 0 Å². The van der Waals surface area contributed by atoms with Crippen LogP contribution in [0.5, 0.6) is 5.75 Å². The molecule has 3 heterocycles. The third kappa shape index (κ3) is 4.13. The molecule has 0 atom stereocenters. The van der Waals surface area contributed by atoms with E-state index in [2.05, 4.69) is 43.0 Å². The molecule has 3 aromatic heterocycles. The SMILES string of the molecule is Cc1c(O)c(=O)ccn1C(C)(C)CC(C)(C)Cn1cc(-c2ccccn2)nn1. The normalized spacial score (nSPS) is 12.3. The van der Waals surface area contributed by atoms with Crippen LogP contribution in [0.3, 0.4) is 0 Å². The Morgan fingerprint density at radius 3 is 2.54 bits per heavy atom. The molecule has 0 aliphatic heterocycles. The first kappa shape index (κ1) is 19.8. The van der Waals surface area contributed by atoms with Gasteiger partial charge in [0.25, 0.3) is 0 Å². The van der Waals surface area contributed by atoms with Crippen LogP contribution in [0.15, 0.2) is 47.7 Å². The van der Waals surface area contributed by atoms with Crippen LogP contribution in [0.2, 0.25) is 0 Å². The maximum atomic E-state index is 11.7. The summed E-state index contributed by atoms with van der Waals surface area (Å²) < 4.78 is 3.81. The fourth-order valence-electron chi connectivity index (χ4n) is 4.04. The minimum absolute atomic E-state index is 0.107. The van der Waals surface area contributed by atoms with E-state index in [1.165, 1.54) is 6.07 Å². The number of hydrogen-bond acceptors (Lipinski definition) is 5. The molecule has 7 heteroatoms. The molecular weight excluding hydrogens is 354 g/mol. The molecule has 3 rings (SSSR count). The van der Waals surface area contributed by atoms with Crippen LogP contribution < -0.4 is 5.43 Å². The fourth-order valence-corrected chi connectivity index (χ4v) is 4.04. The highest BCUT2D eigenvalue weighted by Gasteiger charge is 2.32. The van der Waals surface area contributed by atoms with Crippen LogP contribution in [0.25, 0.3) is 11.4 Å². The van der Waals surface area contributed by atoms with Crippen molar-refractivity contribution in [3.05, 3.63) is 58.8 Å². The van der Waals surface area contributed by atoms with Crippen molar-refractivity contribution in [1.29, 1.82) is 0 Å². The van der Waals surface area contributed by atoms with Crippen molar-refractivity contribution >= 4 is 0 Å². The van der Waals surface area contributed by atoms with Crippen LogP contribution in [0.4, 0.5) is 0 Å². The monoisotopic (exact) mass is 381 g/mol. The van der Waals surface area contributed by atoms with E-state index >= 15 is 0 Å². The first-order valence-corrected chi connectivity index (χ1v) is 9.32. The second kappa shape index (κ2) is 7.22. The van der Waals surface area contributed by atoms with Crippen molar-refractivity contribution in [3.8, 4) is 17.1 Å². The Kier molecular flexibility index (Phi) is 5.10. The van der Waals surface area contributed by atoms with Crippen molar-refractivity contribution < 1.29 is 5.11 Å². The zero-order valence-corrected chi connectivity index (χ0v) is 17.0. The molecule has 0 aromatic carbocycles. The van der Waals surface area contributed by atoms with Crippen LogP contribution >= 0.6 is 0 Å². The molecule has 28 heavy (non-hydrogen) atoms. The number of rotatable bonds is 6. The van der Waals surface area contributed by atoms with Crippen molar-refractivity contribution in [2.75, 3.05) is 0 Å². The van der Waals surface area contributed by atoms with Gasteiger partial charge in [0, 0.05) is 30.5 Å². The lowest BCUT2D eigenvalue weighted by atomic mass is 9.79. The Labute approximate surface area is 164 Å². The van der Waals surface area contributed by atoms with E-state index in [1.807, 2.05) is 33.6 Å². The summed E-state index contributed by atoms with van der Waals surface area (Å²) in [6, 6.07) is 7.12. The van der Waals surface area contributed by atoms with Crippen LogP contribution in [0, 0.1) is 12.3 Å². The minimum atomic E-state index is -0.353. The number of aromatic hydroxyl groups is 1. The molecule has 0 aliphatic rings. The molecule has 7 nitrogen and oxygen atoms in total. The van der Waals surface area contributed by atoms with Gasteiger partial charge in [0.05, 0.1) is 17.6 Å². The molecule has 148 valence electrons. The predicted molar refractivity (Wildman–Crippen MR) is 108 cm³/mol. The summed E-state index contributed by atoms with van der Waals surface area (Å²) in [6.45, 7) is 11.0. The summed E-state index contributed by atoms with van der Waals surface area (Å²) in [5.41, 5.74) is 1.36. The van der Waals surface area contributed by atoms with Gasteiger partial charge in [-0.15, -0.1) is 5.10 Å². The van der Waals surface area contributed by atoms with Crippen molar-refractivity contribution in [2.45, 2.75) is 53.1 Å². The van der Waals surface area contributed by atoms with Crippen molar-refractivity contribution in [1.82, 2.24) is 24.5 Å². The molecule has 0 saturated carbocycles. The van der Waals surface area contributed by atoms with E-state index in [-0.39, 0.29) is 22.1 Å². The first-order valence-electron chi connectivity index (χ1n) is 9.32. The molecule has 3 aromatic rings. The van der Waals surface area contributed by atoms with E-state index < -0.39 is 0 Å². The van der Waals surface area contributed by atoms with Crippen LogP contribution in [-0.4, -0.2) is 29.7 Å². The number of pyridine rings is 2. The third-order valence-electron chi connectivity index (χ3n) is 4.93. The van der Waals surface area contributed by atoms with Gasteiger partial charge in [0.2, 0.25) is 5.43 Å². The molecular formula is C21H27N5O2. The summed E-state index contributed by atoms with van der Waals surface area (Å²) in [7, 11) is 0. The Morgan fingerprint density at radius 1 is 1.11 bits per heavy atom. The summed E-state index contributed by atoms with van der Waals surface area (Å²) in [5, 5.41) is 18.5. The summed E-state index contributed by atoms with van der Waals surface area (Å²) >= 11 is 0. The zero-order chi connectivity index (χ0) is 20.5. The zero-order valence-electron chi connectivity index (χ0n) is 17.0. The Morgan fingerprint density at radius 2 is 1.86 bits per heavy atom. The highest BCUT2D eigenvalue weighted by molar-refractivity contribution is 5.51. The van der Waals surface area contributed by atoms with E-state index in [0.29, 0.717) is 12.2 Å². The second-order valence-electron chi connectivity index (χ2n) is 8.65. The molecule has 0 radical (unpaired) electrons. The average Bonchev–Trinajstić information content (AvgIpc) is 3.07. The Balaban J connectivity index is 1.79. The molecule has 0 saturated heterocycles. The van der Waals surface area contributed by atoms with Gasteiger partial charge < -0.3 is 9.67 Å². The smallest absolute Gasteiger partial charge is 0.223 e. The molecule has 0 fully saturated rings. The standard InChI is InChI=1S/C21H27N5O2/c1-15-19(28)18(27)9-11-26(15)21(4,5)13-20(2,3)14-25-12-17(23-24-25)16-8-6-7-10-22-16/h6-12,28H,13-14H2,1-5H3. The molecule has 0 spiro atoms. The largest absolute Gasteiger partial charge is 0.503 e. The van der Waals surface area contributed by atoms with E-state index in [0.717, 1.165) is 17.8 Å². The Bertz CT molecular complexity index is 1020. The van der Waals surface area contributed by atoms with Crippen LogP contribution in [-0.2, 0) is 12.1 Å². The summed E-state index contributed by atoms with van der Waals surface area (Å²) in [4.78, 5) is 16.0. The van der Waals surface area contributed by atoms with Crippen molar-refractivity contribution in [2.24, 2.45) is 5.41 Å². The van der Waals surface area contributed by atoms with E-state index in [1.54, 1.807) is 19.3 Å². The topological polar surface area (TPSA) is 85.8 Å². The van der Waals surface area contributed by atoms with Gasteiger partial charge in [0.1, 0.15) is 5.69 Å². The molecule has 0 amide bonds. The third-order valence-corrected chi connectivity index (χ3v) is 4.93. The van der Waals surface area contributed by atoms with Gasteiger partial charge in [-0.3, -0.25) is 14.5 Å². The lowest BCUT2D eigenvalue weighted by molar-refractivity contribution is 0.164. The van der Waals surface area contributed by atoms with Gasteiger partial charge in [-0.1, -0.05) is 25.1 Å². The number of aromatic nitrogens is 5. The van der Waals surface area contributed by atoms with E-state index in [4.69, 9.17) is 0 Å². The molecule has 0 aliphatic carbocycles. The van der Waals surface area contributed by atoms with Crippen LogP contribution in [0.1, 0.15) is 39.8 Å². The first-order chi connectivity index (χ1) is 13.1. The number of hydrogen-bond donors (Lipinski definition) is 1. The van der Waals surface area contributed by atoms with Gasteiger partial charge in [0.15, 0.2) is 5.75 Å². The Hall–Kier alpha value is -2.96. The van der Waals surface area contributed by atoms with E-state index in [9.17, 15) is 9.90 Å². The lowest BCUT2D eigenvalue weighted by Gasteiger charge is -2.38. The van der Waals surface area contributed by atoms with Gasteiger partial charge in [-0.2, -0.15) is 0 Å². The predicted octanol–water partition coefficient (Wildman–Crippen LogP) is 3.37. The maximum Gasteiger partial charge on any atom is 0.223 e. The molecule has 0 bridgehead atoms. The minimum Gasteiger partial charge on any atom is -0.503 e.